The average Bonchev–Trinajstić information content (AvgIpc) is 2.68. The third-order valence-electron chi connectivity index (χ3n) is 3.14. The van der Waals surface area contributed by atoms with Gasteiger partial charge in [0.15, 0.2) is 0 Å². The van der Waals surface area contributed by atoms with E-state index in [1.54, 1.807) is 18.0 Å². The first-order valence-corrected chi connectivity index (χ1v) is 7.10. The number of rotatable bonds is 2. The van der Waals surface area contributed by atoms with Crippen LogP contribution in [0.5, 0.6) is 0 Å². The van der Waals surface area contributed by atoms with Gasteiger partial charge >= 0.3 is 0 Å². The number of oxazole rings is 1. The molecule has 94 valence electrons. The van der Waals surface area contributed by atoms with E-state index in [9.17, 15) is 0 Å². The molecule has 0 bridgehead atoms. The Balaban J connectivity index is 1.68. The Morgan fingerprint density at radius 3 is 3.11 bits per heavy atom. The van der Waals surface area contributed by atoms with Gasteiger partial charge in [0.25, 0.3) is 5.22 Å². The second-order valence-electron chi connectivity index (χ2n) is 4.57. The van der Waals surface area contributed by atoms with Crippen molar-refractivity contribution in [3.63, 3.8) is 0 Å². The Morgan fingerprint density at radius 1 is 1.39 bits per heavy atom. The summed E-state index contributed by atoms with van der Waals surface area (Å²) < 4.78 is 5.41. The minimum Gasteiger partial charge on any atom is -0.440 e. The predicted molar refractivity (Wildman–Crippen MR) is 74.1 cm³/mol. The molecule has 1 aromatic carbocycles. The van der Waals surface area contributed by atoms with Crippen molar-refractivity contribution < 1.29 is 4.42 Å². The lowest BCUT2D eigenvalue weighted by Gasteiger charge is -2.11. The molecule has 0 saturated carbocycles. The summed E-state index contributed by atoms with van der Waals surface area (Å²) in [6.07, 6.45) is 3.97. The van der Waals surface area contributed by atoms with Crippen molar-refractivity contribution in [1.29, 1.82) is 0 Å². The first-order chi connectivity index (χ1) is 8.81. The van der Waals surface area contributed by atoms with E-state index >= 15 is 0 Å². The van der Waals surface area contributed by atoms with Crippen molar-refractivity contribution >= 4 is 17.4 Å². The predicted octanol–water partition coefficient (Wildman–Crippen LogP) is 3.50. The Labute approximate surface area is 111 Å². The van der Waals surface area contributed by atoms with E-state index in [1.807, 2.05) is 6.92 Å². The topological polar surface area (TPSA) is 38.1 Å². The first kappa shape index (κ1) is 11.7. The van der Waals surface area contributed by atoms with Crippen LogP contribution in [0.3, 0.4) is 0 Å². The molecule has 1 aliphatic heterocycles. The molecule has 2 aromatic rings. The van der Waals surface area contributed by atoms with Crippen LogP contribution in [-0.4, -0.2) is 16.8 Å². The number of nitrogens with one attached hydrogen (secondary N) is 1. The van der Waals surface area contributed by atoms with Crippen LogP contribution >= 0.6 is 11.8 Å². The number of nitrogens with zero attached hydrogens (tertiary/aromatic N) is 1. The van der Waals surface area contributed by atoms with Crippen LogP contribution in [-0.2, 0) is 6.42 Å². The van der Waals surface area contributed by atoms with Gasteiger partial charge in [-0.2, -0.15) is 0 Å². The van der Waals surface area contributed by atoms with Gasteiger partial charge in [0.2, 0.25) is 0 Å². The van der Waals surface area contributed by atoms with Crippen molar-refractivity contribution in [2.75, 3.05) is 11.9 Å². The zero-order valence-corrected chi connectivity index (χ0v) is 11.2. The number of para-hydroxylation sites is 1. The Hall–Kier alpha value is -1.42. The molecule has 3 rings (SSSR count). The monoisotopic (exact) mass is 260 g/mol. The lowest BCUT2D eigenvalue weighted by Crippen LogP contribution is -2.14. The van der Waals surface area contributed by atoms with E-state index in [1.165, 1.54) is 11.3 Å². The fourth-order valence-corrected chi connectivity index (χ4v) is 3.17. The van der Waals surface area contributed by atoms with Crippen LogP contribution < -0.4 is 5.32 Å². The van der Waals surface area contributed by atoms with Crippen molar-refractivity contribution in [3.8, 4) is 0 Å². The lowest BCUT2D eigenvalue weighted by atomic mass is 10.1. The number of anilines is 1. The number of fused-ring (bicyclic) bond motifs is 1. The number of benzene rings is 1. The number of aryl methyl sites for hydroxylation is 2. The second kappa shape index (κ2) is 5.06. The first-order valence-electron chi connectivity index (χ1n) is 6.22. The highest BCUT2D eigenvalue weighted by atomic mass is 32.2. The zero-order valence-electron chi connectivity index (χ0n) is 10.3. The van der Waals surface area contributed by atoms with E-state index in [0.717, 1.165) is 30.3 Å². The Bertz CT molecular complexity index is 511. The van der Waals surface area contributed by atoms with Crippen molar-refractivity contribution in [2.24, 2.45) is 0 Å². The maximum Gasteiger partial charge on any atom is 0.256 e. The Morgan fingerprint density at radius 2 is 2.28 bits per heavy atom. The van der Waals surface area contributed by atoms with E-state index in [2.05, 4.69) is 34.6 Å². The summed E-state index contributed by atoms with van der Waals surface area (Å²) in [4.78, 5) is 4.35. The minimum absolute atomic E-state index is 0.510. The van der Waals surface area contributed by atoms with Gasteiger partial charge in [-0.15, -0.1) is 0 Å². The van der Waals surface area contributed by atoms with E-state index < -0.39 is 0 Å². The average molecular weight is 260 g/mol. The summed E-state index contributed by atoms with van der Waals surface area (Å²) in [6, 6.07) is 8.53. The molecular weight excluding hydrogens is 244 g/mol. The van der Waals surface area contributed by atoms with Crippen LogP contribution in [0.15, 0.2) is 40.2 Å². The lowest BCUT2D eigenvalue weighted by molar-refractivity contribution is 0.452. The molecule has 4 heteroatoms. The van der Waals surface area contributed by atoms with E-state index in [-0.39, 0.29) is 0 Å². The molecule has 0 aliphatic carbocycles. The smallest absolute Gasteiger partial charge is 0.256 e. The van der Waals surface area contributed by atoms with Crippen molar-refractivity contribution in [3.05, 3.63) is 41.8 Å². The summed E-state index contributed by atoms with van der Waals surface area (Å²) in [6.45, 7) is 2.91. The molecule has 0 fully saturated rings. The molecule has 0 radical (unpaired) electrons. The molecule has 1 N–H and O–H groups in total. The molecule has 1 aromatic heterocycles. The van der Waals surface area contributed by atoms with E-state index in [0.29, 0.717) is 5.25 Å². The van der Waals surface area contributed by atoms with Crippen LogP contribution in [0.2, 0.25) is 0 Å². The highest BCUT2D eigenvalue weighted by Gasteiger charge is 2.18. The number of hydrogen-bond donors (Lipinski definition) is 1. The van der Waals surface area contributed by atoms with Crippen molar-refractivity contribution in [2.45, 2.75) is 30.2 Å². The number of hydrogen-bond acceptors (Lipinski definition) is 4. The van der Waals surface area contributed by atoms with Gasteiger partial charge in [0.05, 0.1) is 5.69 Å². The zero-order chi connectivity index (χ0) is 12.4. The molecule has 18 heavy (non-hydrogen) atoms. The molecule has 0 amide bonds. The maximum absolute atomic E-state index is 5.41. The molecule has 3 nitrogen and oxygen atoms in total. The molecule has 1 atom stereocenters. The molecule has 0 saturated heterocycles. The quantitative estimate of drug-likeness (QED) is 0.897. The van der Waals surface area contributed by atoms with Gasteiger partial charge in [-0.3, -0.25) is 0 Å². The van der Waals surface area contributed by atoms with Gasteiger partial charge in [-0.05, 0) is 31.4 Å². The summed E-state index contributed by atoms with van der Waals surface area (Å²) in [5.74, 6) is 0. The fourth-order valence-electron chi connectivity index (χ4n) is 2.18. The summed E-state index contributed by atoms with van der Waals surface area (Å²) in [5, 5.41) is 4.80. The summed E-state index contributed by atoms with van der Waals surface area (Å²) >= 11 is 1.73. The molecule has 2 heterocycles. The van der Waals surface area contributed by atoms with Crippen LogP contribution in [0.25, 0.3) is 0 Å². The van der Waals surface area contributed by atoms with Gasteiger partial charge in [-0.25, -0.2) is 4.98 Å². The highest BCUT2D eigenvalue weighted by molar-refractivity contribution is 7.99. The second-order valence-corrected chi connectivity index (χ2v) is 5.82. The molecule has 1 aliphatic rings. The van der Waals surface area contributed by atoms with Gasteiger partial charge < -0.3 is 9.73 Å². The third-order valence-corrected chi connectivity index (χ3v) is 4.26. The molecule has 1 unspecified atom stereocenters. The van der Waals surface area contributed by atoms with Crippen LogP contribution in [0, 0.1) is 6.92 Å². The highest BCUT2D eigenvalue weighted by Crippen LogP contribution is 2.30. The Kier molecular flexibility index (Phi) is 3.28. The van der Waals surface area contributed by atoms with Gasteiger partial charge in [0.1, 0.15) is 6.26 Å². The number of aromatic nitrogens is 1. The van der Waals surface area contributed by atoms with Crippen LogP contribution in [0.4, 0.5) is 5.69 Å². The minimum atomic E-state index is 0.510. The number of thioether (sulfide) groups is 1. The standard InChI is InChI=1S/C14H16N2OS/c1-10-9-17-14(16-10)18-12-7-6-11-4-2-3-5-13(11)15-8-12/h2-5,9,12,15H,6-8H2,1H3. The summed E-state index contributed by atoms with van der Waals surface area (Å²) in [5.41, 5.74) is 3.62. The maximum atomic E-state index is 5.41. The molecular formula is C14H16N2OS. The van der Waals surface area contributed by atoms with Gasteiger partial charge in [-0.1, -0.05) is 30.0 Å². The van der Waals surface area contributed by atoms with E-state index in [4.69, 9.17) is 4.42 Å². The van der Waals surface area contributed by atoms with Gasteiger partial charge in [0, 0.05) is 17.5 Å². The third kappa shape index (κ3) is 2.53. The normalized spacial score (nSPS) is 18.8. The SMILES string of the molecule is Cc1coc(SC2CCc3ccccc3NC2)n1. The fraction of sp³-hybridized carbons (Fsp3) is 0.357. The molecule has 0 spiro atoms. The van der Waals surface area contributed by atoms with Crippen molar-refractivity contribution in [1.82, 2.24) is 4.98 Å². The largest absolute Gasteiger partial charge is 0.440 e. The van der Waals surface area contributed by atoms with Crippen LogP contribution in [0.1, 0.15) is 17.7 Å². The summed E-state index contributed by atoms with van der Waals surface area (Å²) in [7, 11) is 0.